The molecule has 3 heterocycles. The Labute approximate surface area is 180 Å². The maximum atomic E-state index is 13.5. The molecule has 0 bridgehead atoms. The van der Waals surface area contributed by atoms with Crippen molar-refractivity contribution in [2.45, 2.75) is 30.6 Å². The highest BCUT2D eigenvalue weighted by Crippen LogP contribution is 2.32. The SMILES string of the molecule is Cc1cccc(-c2noc(C3CCCN(S(=O)(=O)c4cccc5cccnc45)C3)n2)c1. The molecule has 31 heavy (non-hydrogen) atoms. The van der Waals surface area contributed by atoms with Crippen LogP contribution in [-0.2, 0) is 10.0 Å². The molecule has 2 aromatic carbocycles. The first-order valence-electron chi connectivity index (χ1n) is 10.3. The van der Waals surface area contributed by atoms with Gasteiger partial charge in [-0.05, 0) is 38.0 Å². The van der Waals surface area contributed by atoms with E-state index in [9.17, 15) is 8.42 Å². The predicted octanol–water partition coefficient (Wildman–Crippen LogP) is 4.16. The van der Waals surface area contributed by atoms with Gasteiger partial charge in [-0.2, -0.15) is 9.29 Å². The van der Waals surface area contributed by atoms with E-state index in [-0.39, 0.29) is 10.8 Å². The fourth-order valence-electron chi connectivity index (χ4n) is 4.09. The highest BCUT2D eigenvalue weighted by Gasteiger charge is 2.34. The zero-order chi connectivity index (χ0) is 21.4. The average molecular weight is 435 g/mol. The van der Waals surface area contributed by atoms with Crippen molar-refractivity contribution in [2.75, 3.05) is 13.1 Å². The Balaban J connectivity index is 1.43. The lowest BCUT2D eigenvalue weighted by Gasteiger charge is -2.30. The molecule has 0 amide bonds. The standard InChI is InChI=1S/C23H22N4O3S/c1-16-6-2-8-18(14-16)22-25-23(30-26-22)19-10-5-13-27(15-19)31(28,29)20-11-3-7-17-9-4-12-24-21(17)20/h2-4,6-9,11-12,14,19H,5,10,13,15H2,1H3. The van der Waals surface area contributed by atoms with Crippen molar-refractivity contribution >= 4 is 20.9 Å². The second kappa shape index (κ2) is 7.86. The van der Waals surface area contributed by atoms with Gasteiger partial charge < -0.3 is 4.52 Å². The third-order valence-corrected chi connectivity index (χ3v) is 7.56. The van der Waals surface area contributed by atoms with Gasteiger partial charge >= 0.3 is 0 Å². The Morgan fingerprint density at radius 3 is 2.81 bits per heavy atom. The van der Waals surface area contributed by atoms with E-state index in [2.05, 4.69) is 15.1 Å². The number of hydrogen-bond donors (Lipinski definition) is 0. The topological polar surface area (TPSA) is 89.2 Å². The summed E-state index contributed by atoms with van der Waals surface area (Å²) in [5, 5.41) is 4.93. The van der Waals surface area contributed by atoms with E-state index in [1.165, 1.54) is 4.31 Å². The molecule has 8 heteroatoms. The summed E-state index contributed by atoms with van der Waals surface area (Å²) in [5.41, 5.74) is 2.49. The number of sulfonamides is 1. The zero-order valence-electron chi connectivity index (χ0n) is 17.1. The molecular weight excluding hydrogens is 412 g/mol. The molecule has 1 atom stereocenters. The van der Waals surface area contributed by atoms with Crippen LogP contribution in [0.15, 0.2) is 70.2 Å². The van der Waals surface area contributed by atoms with Gasteiger partial charge in [0.15, 0.2) is 0 Å². The summed E-state index contributed by atoms with van der Waals surface area (Å²) in [7, 11) is -3.70. The second-order valence-electron chi connectivity index (χ2n) is 7.86. The molecule has 1 aliphatic rings. The fourth-order valence-corrected chi connectivity index (χ4v) is 5.78. The first-order chi connectivity index (χ1) is 15.0. The first-order valence-corrected chi connectivity index (χ1v) is 11.7. The normalized spacial score (nSPS) is 17.8. The third kappa shape index (κ3) is 3.73. The summed E-state index contributed by atoms with van der Waals surface area (Å²) in [6, 6.07) is 16.8. The van der Waals surface area contributed by atoms with Crippen molar-refractivity contribution in [1.82, 2.24) is 19.4 Å². The Morgan fingerprint density at radius 1 is 1.10 bits per heavy atom. The van der Waals surface area contributed by atoms with Crippen LogP contribution in [0.4, 0.5) is 0 Å². The number of aryl methyl sites for hydroxylation is 1. The molecule has 5 rings (SSSR count). The van der Waals surface area contributed by atoms with Crippen LogP contribution in [0.2, 0.25) is 0 Å². The van der Waals surface area contributed by atoms with Crippen molar-refractivity contribution in [1.29, 1.82) is 0 Å². The monoisotopic (exact) mass is 434 g/mol. The van der Waals surface area contributed by atoms with E-state index in [0.29, 0.717) is 30.3 Å². The van der Waals surface area contributed by atoms with Gasteiger partial charge in [0, 0.05) is 30.2 Å². The molecule has 0 saturated carbocycles. The van der Waals surface area contributed by atoms with Crippen molar-refractivity contribution in [3.8, 4) is 11.4 Å². The number of nitrogens with zero attached hydrogens (tertiary/aromatic N) is 4. The quantitative estimate of drug-likeness (QED) is 0.479. The Hall–Kier alpha value is -3.10. The van der Waals surface area contributed by atoms with Crippen molar-refractivity contribution in [2.24, 2.45) is 0 Å². The van der Waals surface area contributed by atoms with E-state index in [1.807, 2.05) is 43.3 Å². The molecular formula is C23H22N4O3S. The number of aromatic nitrogens is 3. The minimum absolute atomic E-state index is 0.141. The van der Waals surface area contributed by atoms with Crippen LogP contribution < -0.4 is 0 Å². The van der Waals surface area contributed by atoms with Gasteiger partial charge in [0.2, 0.25) is 21.7 Å². The first kappa shape index (κ1) is 19.8. The van der Waals surface area contributed by atoms with Crippen molar-refractivity contribution in [3.05, 3.63) is 72.2 Å². The Morgan fingerprint density at radius 2 is 1.94 bits per heavy atom. The number of hydrogen-bond acceptors (Lipinski definition) is 6. The van der Waals surface area contributed by atoms with Crippen LogP contribution >= 0.6 is 0 Å². The van der Waals surface area contributed by atoms with Crippen LogP contribution in [0.1, 0.15) is 30.2 Å². The number of rotatable bonds is 4. The highest BCUT2D eigenvalue weighted by molar-refractivity contribution is 7.89. The summed E-state index contributed by atoms with van der Waals surface area (Å²) in [5.74, 6) is 0.863. The molecule has 2 aromatic heterocycles. The molecule has 1 unspecified atom stereocenters. The molecule has 0 aliphatic carbocycles. The van der Waals surface area contributed by atoms with Crippen LogP contribution in [0.25, 0.3) is 22.3 Å². The molecule has 1 saturated heterocycles. The van der Waals surface area contributed by atoms with Gasteiger partial charge in [-0.25, -0.2) is 8.42 Å². The summed E-state index contributed by atoms with van der Waals surface area (Å²) >= 11 is 0. The maximum Gasteiger partial charge on any atom is 0.245 e. The van der Waals surface area contributed by atoms with Gasteiger partial charge in [0.1, 0.15) is 4.90 Å². The minimum atomic E-state index is -3.70. The minimum Gasteiger partial charge on any atom is -0.339 e. The van der Waals surface area contributed by atoms with E-state index < -0.39 is 10.0 Å². The average Bonchev–Trinajstić information content (AvgIpc) is 3.29. The largest absolute Gasteiger partial charge is 0.339 e. The Bertz CT molecular complexity index is 1340. The fraction of sp³-hybridized carbons (Fsp3) is 0.261. The van der Waals surface area contributed by atoms with E-state index in [1.54, 1.807) is 24.4 Å². The summed E-state index contributed by atoms with van der Waals surface area (Å²) in [4.78, 5) is 9.12. The number of piperidine rings is 1. The smallest absolute Gasteiger partial charge is 0.245 e. The van der Waals surface area contributed by atoms with Gasteiger partial charge in [0.05, 0.1) is 11.4 Å². The summed E-state index contributed by atoms with van der Waals surface area (Å²) in [6.45, 7) is 2.78. The maximum absolute atomic E-state index is 13.5. The molecule has 158 valence electrons. The Kier molecular flexibility index (Phi) is 5.03. The molecule has 0 N–H and O–H groups in total. The summed E-state index contributed by atoms with van der Waals surface area (Å²) in [6.07, 6.45) is 3.14. The van der Waals surface area contributed by atoms with E-state index in [0.717, 1.165) is 29.4 Å². The van der Waals surface area contributed by atoms with E-state index >= 15 is 0 Å². The molecule has 0 spiro atoms. The van der Waals surface area contributed by atoms with Crippen LogP contribution in [-0.4, -0.2) is 40.9 Å². The lowest BCUT2D eigenvalue weighted by atomic mass is 10.00. The lowest BCUT2D eigenvalue weighted by molar-refractivity contribution is 0.266. The van der Waals surface area contributed by atoms with Crippen LogP contribution in [0.5, 0.6) is 0 Å². The van der Waals surface area contributed by atoms with Gasteiger partial charge in [-0.15, -0.1) is 0 Å². The van der Waals surface area contributed by atoms with Crippen LogP contribution in [0, 0.1) is 6.92 Å². The number of benzene rings is 2. The van der Waals surface area contributed by atoms with Gasteiger partial charge in [-0.1, -0.05) is 47.1 Å². The molecule has 1 aliphatic heterocycles. The molecule has 4 aromatic rings. The molecule has 7 nitrogen and oxygen atoms in total. The second-order valence-corrected chi connectivity index (χ2v) is 9.77. The van der Waals surface area contributed by atoms with Crippen LogP contribution in [0.3, 0.4) is 0 Å². The number of fused-ring (bicyclic) bond motifs is 1. The van der Waals surface area contributed by atoms with E-state index in [4.69, 9.17) is 4.52 Å². The zero-order valence-corrected chi connectivity index (χ0v) is 17.9. The molecule has 0 radical (unpaired) electrons. The van der Waals surface area contributed by atoms with Crippen molar-refractivity contribution in [3.63, 3.8) is 0 Å². The van der Waals surface area contributed by atoms with Gasteiger partial charge in [0.25, 0.3) is 0 Å². The third-order valence-electron chi connectivity index (χ3n) is 5.66. The lowest BCUT2D eigenvalue weighted by Crippen LogP contribution is -2.39. The summed E-state index contributed by atoms with van der Waals surface area (Å²) < 4.78 is 34.0. The number of para-hydroxylation sites is 1. The predicted molar refractivity (Wildman–Crippen MR) is 117 cm³/mol. The number of pyridine rings is 1. The van der Waals surface area contributed by atoms with Crippen molar-refractivity contribution < 1.29 is 12.9 Å². The van der Waals surface area contributed by atoms with Gasteiger partial charge in [-0.3, -0.25) is 4.98 Å². The molecule has 1 fully saturated rings. The highest BCUT2D eigenvalue weighted by atomic mass is 32.2.